The normalized spacial score (nSPS) is 14.4. The second-order valence-electron chi connectivity index (χ2n) is 10.5. The molecule has 41 heavy (non-hydrogen) atoms. The molecule has 1 fully saturated rings. The number of hydrogen-bond donors (Lipinski definition) is 2. The zero-order valence-electron chi connectivity index (χ0n) is 22.6. The smallest absolute Gasteiger partial charge is 0.412 e. The highest BCUT2D eigenvalue weighted by Crippen LogP contribution is 2.48. The molecule has 1 amide bonds. The topological polar surface area (TPSA) is 88.8 Å². The van der Waals surface area contributed by atoms with Gasteiger partial charge in [-0.25, -0.2) is 4.79 Å². The van der Waals surface area contributed by atoms with E-state index in [1.807, 2.05) is 91.9 Å². The molecule has 1 aliphatic carbocycles. The molecule has 1 heterocycles. The first kappa shape index (κ1) is 26.7. The minimum Gasteiger partial charge on any atom is -0.481 e. The molecule has 1 atom stereocenters. The number of hydrogen-bond acceptors (Lipinski definition) is 4. The highest BCUT2D eigenvalue weighted by atomic mass is 35.5. The quantitative estimate of drug-likeness (QED) is 0.205. The number of anilines is 1. The summed E-state index contributed by atoms with van der Waals surface area (Å²) in [4.78, 5) is 24.7. The van der Waals surface area contributed by atoms with Crippen molar-refractivity contribution >= 4 is 40.3 Å². The van der Waals surface area contributed by atoms with Crippen LogP contribution in [0.1, 0.15) is 42.6 Å². The summed E-state index contributed by atoms with van der Waals surface area (Å²) >= 11 is 6.30. The SMILES string of the molecule is Cc1ccc2oc(-c3ccc(-c4ccc(C5(C(=O)O)CC5)cc4)cc3)c(NC(=O)OC(C)c3ccccc3Cl)c2c1. The summed E-state index contributed by atoms with van der Waals surface area (Å²) in [6, 6.07) is 28.6. The average molecular weight is 566 g/mol. The maximum atomic E-state index is 13.0. The summed E-state index contributed by atoms with van der Waals surface area (Å²) in [7, 11) is 0. The Morgan fingerprint density at radius 3 is 2.20 bits per heavy atom. The first-order valence-corrected chi connectivity index (χ1v) is 13.8. The van der Waals surface area contributed by atoms with Gasteiger partial charge in [-0.15, -0.1) is 0 Å². The molecule has 6 nitrogen and oxygen atoms in total. The van der Waals surface area contributed by atoms with Gasteiger partial charge in [0, 0.05) is 21.5 Å². The standard InChI is InChI=1S/C34H28ClNO5/c1-20-7-16-29-27(19-20)30(36-33(39)40-21(2)26-5-3-4-6-28(26)35)31(41-29)24-10-8-22(9-11-24)23-12-14-25(15-13-23)34(17-18-34)32(37)38/h3-16,19,21H,17-18H2,1-2H3,(H,36,39)(H,37,38). The molecule has 2 N–H and O–H groups in total. The van der Waals surface area contributed by atoms with E-state index in [1.165, 1.54) is 0 Å². The van der Waals surface area contributed by atoms with E-state index in [1.54, 1.807) is 13.0 Å². The van der Waals surface area contributed by atoms with Crippen molar-refractivity contribution in [2.24, 2.45) is 0 Å². The number of amides is 1. The van der Waals surface area contributed by atoms with Crippen LogP contribution in [0, 0.1) is 6.92 Å². The van der Waals surface area contributed by atoms with Crippen LogP contribution in [0.4, 0.5) is 10.5 Å². The second kappa shape index (κ2) is 10.5. The fourth-order valence-corrected chi connectivity index (χ4v) is 5.54. The number of aliphatic carboxylic acids is 1. The Labute approximate surface area is 242 Å². The summed E-state index contributed by atoms with van der Waals surface area (Å²) in [5.41, 5.74) is 5.79. The molecule has 5 aromatic rings. The lowest BCUT2D eigenvalue weighted by atomic mass is 9.93. The van der Waals surface area contributed by atoms with Crippen LogP contribution in [0.15, 0.2) is 95.4 Å². The molecule has 0 radical (unpaired) electrons. The lowest BCUT2D eigenvalue weighted by Crippen LogP contribution is -2.19. The molecule has 0 saturated heterocycles. The van der Waals surface area contributed by atoms with Gasteiger partial charge in [0.15, 0.2) is 5.76 Å². The molecule has 0 aliphatic heterocycles. The number of carbonyl (C=O) groups excluding carboxylic acids is 1. The number of aryl methyl sites for hydroxylation is 1. The number of nitrogens with one attached hydrogen (secondary N) is 1. The largest absolute Gasteiger partial charge is 0.481 e. The number of carbonyl (C=O) groups is 2. The lowest BCUT2D eigenvalue weighted by molar-refractivity contribution is -0.140. The number of rotatable bonds is 7. The third-order valence-electron chi connectivity index (χ3n) is 7.77. The van der Waals surface area contributed by atoms with Gasteiger partial charge in [0.2, 0.25) is 0 Å². The third-order valence-corrected chi connectivity index (χ3v) is 8.12. The predicted octanol–water partition coefficient (Wildman–Crippen LogP) is 9.15. The van der Waals surface area contributed by atoms with Crippen LogP contribution < -0.4 is 5.32 Å². The third kappa shape index (κ3) is 5.07. The van der Waals surface area contributed by atoms with Gasteiger partial charge in [-0.05, 0) is 61.6 Å². The minimum atomic E-state index is -0.762. The zero-order valence-corrected chi connectivity index (χ0v) is 23.4. The molecule has 4 aromatic carbocycles. The summed E-state index contributed by atoms with van der Waals surface area (Å²) < 4.78 is 11.9. The highest BCUT2D eigenvalue weighted by Gasteiger charge is 2.51. The van der Waals surface area contributed by atoms with E-state index < -0.39 is 23.6 Å². The fourth-order valence-electron chi connectivity index (χ4n) is 5.25. The Balaban J connectivity index is 1.28. The Kier molecular flexibility index (Phi) is 6.80. The monoisotopic (exact) mass is 565 g/mol. The van der Waals surface area contributed by atoms with E-state index in [0.29, 0.717) is 34.9 Å². The van der Waals surface area contributed by atoms with Crippen molar-refractivity contribution in [2.45, 2.75) is 38.2 Å². The fraction of sp³-hybridized carbons (Fsp3) is 0.176. The first-order chi connectivity index (χ1) is 19.7. The molecule has 1 aliphatic rings. The maximum absolute atomic E-state index is 13.0. The van der Waals surface area contributed by atoms with Crippen LogP contribution in [-0.4, -0.2) is 17.2 Å². The number of carboxylic acids is 1. The number of fused-ring (bicyclic) bond motifs is 1. The number of furan rings is 1. The summed E-state index contributed by atoms with van der Waals surface area (Å²) in [5, 5.41) is 13.8. The van der Waals surface area contributed by atoms with Crippen LogP contribution >= 0.6 is 11.6 Å². The molecular weight excluding hydrogens is 538 g/mol. The van der Waals surface area contributed by atoms with Crippen molar-refractivity contribution in [3.05, 3.63) is 113 Å². The van der Waals surface area contributed by atoms with Crippen molar-refractivity contribution in [2.75, 3.05) is 5.32 Å². The second-order valence-corrected chi connectivity index (χ2v) is 10.9. The molecule has 0 bridgehead atoms. The first-order valence-electron chi connectivity index (χ1n) is 13.5. The number of halogens is 1. The van der Waals surface area contributed by atoms with Gasteiger partial charge in [-0.3, -0.25) is 10.1 Å². The average Bonchev–Trinajstić information content (AvgIpc) is 3.72. The van der Waals surface area contributed by atoms with Gasteiger partial charge in [0.05, 0.1) is 11.1 Å². The molecular formula is C34H28ClNO5. The number of carboxylic acid groups (broad SMARTS) is 1. The van der Waals surface area contributed by atoms with Crippen LogP contribution in [-0.2, 0) is 14.9 Å². The van der Waals surface area contributed by atoms with Crippen LogP contribution in [0.3, 0.4) is 0 Å². The zero-order chi connectivity index (χ0) is 28.7. The van der Waals surface area contributed by atoms with E-state index in [2.05, 4.69) is 5.32 Å². The minimum absolute atomic E-state index is 0.520. The highest BCUT2D eigenvalue weighted by molar-refractivity contribution is 6.31. The maximum Gasteiger partial charge on any atom is 0.412 e. The van der Waals surface area contributed by atoms with Crippen molar-refractivity contribution < 1.29 is 23.8 Å². The molecule has 7 heteroatoms. The van der Waals surface area contributed by atoms with Crippen LogP contribution in [0.25, 0.3) is 33.4 Å². The van der Waals surface area contributed by atoms with Crippen molar-refractivity contribution in [1.29, 1.82) is 0 Å². The van der Waals surface area contributed by atoms with Crippen LogP contribution in [0.2, 0.25) is 5.02 Å². The van der Waals surface area contributed by atoms with Gasteiger partial charge in [-0.2, -0.15) is 0 Å². The summed E-state index contributed by atoms with van der Waals surface area (Å²) in [6.45, 7) is 3.76. The Hall–Kier alpha value is -4.55. The van der Waals surface area contributed by atoms with Gasteiger partial charge < -0.3 is 14.3 Å². The molecule has 0 spiro atoms. The van der Waals surface area contributed by atoms with E-state index in [4.69, 9.17) is 20.8 Å². The molecule has 1 unspecified atom stereocenters. The van der Waals surface area contributed by atoms with E-state index in [0.717, 1.165) is 38.8 Å². The Morgan fingerprint density at radius 2 is 1.56 bits per heavy atom. The lowest BCUT2D eigenvalue weighted by Gasteiger charge is -2.15. The number of ether oxygens (including phenoxy) is 1. The van der Waals surface area contributed by atoms with E-state index in [-0.39, 0.29) is 0 Å². The van der Waals surface area contributed by atoms with Crippen LogP contribution in [0.5, 0.6) is 0 Å². The molecule has 1 aromatic heterocycles. The molecule has 6 rings (SSSR count). The van der Waals surface area contributed by atoms with Crippen molar-refractivity contribution in [3.63, 3.8) is 0 Å². The van der Waals surface area contributed by atoms with E-state index in [9.17, 15) is 14.7 Å². The van der Waals surface area contributed by atoms with E-state index >= 15 is 0 Å². The summed E-state index contributed by atoms with van der Waals surface area (Å²) in [6.07, 6.45) is 0.185. The van der Waals surface area contributed by atoms with Gasteiger partial charge in [0.1, 0.15) is 11.7 Å². The summed E-state index contributed by atoms with van der Waals surface area (Å²) in [5.74, 6) is -0.241. The Morgan fingerprint density at radius 1 is 0.927 bits per heavy atom. The predicted molar refractivity (Wildman–Crippen MR) is 160 cm³/mol. The van der Waals surface area contributed by atoms with Crippen molar-refractivity contribution in [3.8, 4) is 22.5 Å². The number of benzene rings is 4. The molecule has 1 saturated carbocycles. The van der Waals surface area contributed by atoms with Gasteiger partial charge in [0.25, 0.3) is 0 Å². The van der Waals surface area contributed by atoms with Gasteiger partial charge >= 0.3 is 12.1 Å². The van der Waals surface area contributed by atoms with Crippen molar-refractivity contribution in [1.82, 2.24) is 0 Å². The Bertz CT molecular complexity index is 1770. The van der Waals surface area contributed by atoms with Gasteiger partial charge in [-0.1, -0.05) is 90.0 Å². The molecule has 206 valence electrons.